The van der Waals surface area contributed by atoms with Crippen molar-refractivity contribution in [3.05, 3.63) is 163 Å². The van der Waals surface area contributed by atoms with Crippen LogP contribution in [0.1, 0.15) is 11.1 Å². The van der Waals surface area contributed by atoms with E-state index < -0.39 is 7.26 Å². The Morgan fingerprint density at radius 2 is 0.794 bits per heavy atom. The highest BCUT2D eigenvalue weighted by atomic mass is 31.2. The molecule has 0 amide bonds. The molecule has 0 radical (unpaired) electrons. The molecule has 34 heavy (non-hydrogen) atoms. The van der Waals surface area contributed by atoms with Crippen molar-refractivity contribution >= 4 is 34.8 Å². The molecule has 5 aromatic carbocycles. The Bertz CT molecular complexity index is 1230. The van der Waals surface area contributed by atoms with E-state index in [1.807, 2.05) is 0 Å². The first kappa shape index (κ1) is 22.1. The van der Waals surface area contributed by atoms with E-state index in [1.165, 1.54) is 32.6 Å². The zero-order chi connectivity index (χ0) is 23.1. The summed E-state index contributed by atoms with van der Waals surface area (Å²) in [6, 6.07) is 54.9. The zero-order valence-corrected chi connectivity index (χ0v) is 20.1. The quantitative estimate of drug-likeness (QED) is 0.179. The Morgan fingerprint density at radius 1 is 0.441 bits per heavy atom. The molecule has 1 heteroatoms. The summed E-state index contributed by atoms with van der Waals surface area (Å²) < 4.78 is 0. The molecule has 0 aliphatic heterocycles. The molecule has 0 spiro atoms. The lowest BCUT2D eigenvalue weighted by molar-refractivity contribution is 1.56. The highest BCUT2D eigenvalue weighted by Crippen LogP contribution is 2.57. The summed E-state index contributed by atoms with van der Waals surface area (Å²) >= 11 is 0. The van der Waals surface area contributed by atoms with Crippen LogP contribution in [0.25, 0.3) is 11.6 Å². The van der Waals surface area contributed by atoms with Gasteiger partial charge in [-0.3, -0.25) is 0 Å². The molecule has 0 N–H and O–H groups in total. The van der Waals surface area contributed by atoms with E-state index >= 15 is 0 Å². The summed E-state index contributed by atoms with van der Waals surface area (Å²) in [4.78, 5) is 0. The number of allylic oxidation sites excluding steroid dienone is 1. The third-order valence-corrected chi connectivity index (χ3v) is 10.6. The molecule has 0 saturated carbocycles. The summed E-state index contributed by atoms with van der Waals surface area (Å²) in [5, 5.41) is 4.21. The van der Waals surface area contributed by atoms with E-state index in [2.05, 4.69) is 158 Å². The SMILES string of the molecule is C(=C(C[P+](c1ccccc1)(c1ccccc1)c1ccccc1)c1ccccc1)c1ccccc1. The van der Waals surface area contributed by atoms with Gasteiger partial charge in [-0.1, -0.05) is 115 Å². The first-order valence-electron chi connectivity index (χ1n) is 11.7. The van der Waals surface area contributed by atoms with Crippen LogP contribution in [-0.2, 0) is 0 Å². The van der Waals surface area contributed by atoms with Crippen LogP contribution in [0.2, 0.25) is 0 Å². The predicted octanol–water partition coefficient (Wildman–Crippen LogP) is 7.22. The maximum absolute atomic E-state index is 2.37. The summed E-state index contributed by atoms with van der Waals surface area (Å²) in [5.74, 6) is 0. The highest BCUT2D eigenvalue weighted by molar-refractivity contribution is 7.96. The molecular formula is C33H28P+. The first-order chi connectivity index (χ1) is 16.9. The molecule has 0 heterocycles. The van der Waals surface area contributed by atoms with E-state index in [4.69, 9.17) is 0 Å². The van der Waals surface area contributed by atoms with E-state index in [-0.39, 0.29) is 0 Å². The number of hydrogen-bond donors (Lipinski definition) is 0. The molecule has 164 valence electrons. The van der Waals surface area contributed by atoms with E-state index in [9.17, 15) is 0 Å². The fourth-order valence-electron chi connectivity index (χ4n) is 4.65. The molecule has 0 aliphatic rings. The van der Waals surface area contributed by atoms with Gasteiger partial charge in [0.05, 0.1) is 6.16 Å². The number of benzene rings is 5. The van der Waals surface area contributed by atoms with Crippen LogP contribution in [0.4, 0.5) is 0 Å². The third-order valence-electron chi connectivity index (χ3n) is 6.28. The van der Waals surface area contributed by atoms with Gasteiger partial charge in [-0.2, -0.15) is 0 Å². The monoisotopic (exact) mass is 455 g/mol. The van der Waals surface area contributed by atoms with Gasteiger partial charge < -0.3 is 0 Å². The van der Waals surface area contributed by atoms with Crippen LogP contribution in [0, 0.1) is 0 Å². The Kier molecular flexibility index (Phi) is 6.80. The minimum absolute atomic E-state index is 0.948. The summed E-state index contributed by atoms with van der Waals surface area (Å²) in [7, 11) is -1.98. The molecule has 0 saturated heterocycles. The van der Waals surface area contributed by atoms with Crippen LogP contribution >= 0.6 is 7.26 Å². The number of rotatable bonds is 7. The van der Waals surface area contributed by atoms with E-state index in [0.29, 0.717) is 0 Å². The van der Waals surface area contributed by atoms with Gasteiger partial charge in [0.25, 0.3) is 0 Å². The van der Waals surface area contributed by atoms with Crippen molar-refractivity contribution in [2.45, 2.75) is 0 Å². The molecule has 0 unspecified atom stereocenters. The van der Waals surface area contributed by atoms with Crippen molar-refractivity contribution in [3.63, 3.8) is 0 Å². The predicted molar refractivity (Wildman–Crippen MR) is 151 cm³/mol. The first-order valence-corrected chi connectivity index (χ1v) is 13.7. The summed E-state index contributed by atoms with van der Waals surface area (Å²) in [5.41, 5.74) is 3.86. The lowest BCUT2D eigenvalue weighted by atomic mass is 10.0. The maximum atomic E-state index is 2.37. The summed E-state index contributed by atoms with van der Waals surface area (Å²) in [6.45, 7) is 0. The van der Waals surface area contributed by atoms with Crippen LogP contribution in [-0.4, -0.2) is 6.16 Å². The van der Waals surface area contributed by atoms with Gasteiger partial charge >= 0.3 is 0 Å². The Morgan fingerprint density at radius 3 is 1.21 bits per heavy atom. The molecule has 0 fully saturated rings. The maximum Gasteiger partial charge on any atom is 0.116 e. The van der Waals surface area contributed by atoms with Crippen molar-refractivity contribution in [2.24, 2.45) is 0 Å². The van der Waals surface area contributed by atoms with Crippen molar-refractivity contribution in [2.75, 3.05) is 6.16 Å². The third kappa shape index (κ3) is 4.65. The lowest BCUT2D eigenvalue weighted by Gasteiger charge is -2.29. The fourth-order valence-corrected chi connectivity index (χ4v) is 8.92. The topological polar surface area (TPSA) is 0 Å². The van der Waals surface area contributed by atoms with Gasteiger partial charge in [-0.25, -0.2) is 0 Å². The van der Waals surface area contributed by atoms with Gasteiger partial charge in [0.2, 0.25) is 0 Å². The second-order valence-corrected chi connectivity index (χ2v) is 11.9. The Labute approximate surface area is 203 Å². The fraction of sp³-hybridized carbons (Fsp3) is 0.0303. The van der Waals surface area contributed by atoms with Gasteiger partial charge in [-0.15, -0.1) is 0 Å². The second-order valence-electron chi connectivity index (χ2n) is 8.42. The summed E-state index contributed by atoms with van der Waals surface area (Å²) in [6.07, 6.45) is 3.32. The molecule has 5 aromatic rings. The lowest BCUT2D eigenvalue weighted by Crippen LogP contribution is -2.33. The Balaban J connectivity index is 1.78. The van der Waals surface area contributed by atoms with Gasteiger partial charge in [0, 0.05) is 0 Å². The van der Waals surface area contributed by atoms with Crippen LogP contribution in [0.15, 0.2) is 152 Å². The van der Waals surface area contributed by atoms with Crippen molar-refractivity contribution in [1.29, 1.82) is 0 Å². The van der Waals surface area contributed by atoms with Crippen molar-refractivity contribution in [3.8, 4) is 0 Å². The Hall–Kier alpha value is -3.73. The standard InChI is InChI=1S/C33H28P/c1-6-16-28(17-7-1)26-30(29-18-8-2-9-19-29)27-34(31-20-10-3-11-21-31,32-22-12-4-13-23-32)33-24-14-5-15-25-33/h1-26H,27H2/q+1. The molecule has 5 rings (SSSR count). The van der Waals surface area contributed by atoms with Crippen molar-refractivity contribution < 1.29 is 0 Å². The van der Waals surface area contributed by atoms with Crippen molar-refractivity contribution in [1.82, 2.24) is 0 Å². The van der Waals surface area contributed by atoms with Gasteiger partial charge in [0.15, 0.2) is 0 Å². The van der Waals surface area contributed by atoms with E-state index in [0.717, 1.165) is 6.16 Å². The van der Waals surface area contributed by atoms with Crippen LogP contribution in [0.5, 0.6) is 0 Å². The van der Waals surface area contributed by atoms with Gasteiger partial charge in [-0.05, 0) is 59.2 Å². The average molecular weight is 456 g/mol. The molecule has 0 bridgehead atoms. The smallest absolute Gasteiger partial charge is 0.0622 e. The minimum Gasteiger partial charge on any atom is -0.0622 e. The van der Waals surface area contributed by atoms with Crippen LogP contribution in [0.3, 0.4) is 0 Å². The number of hydrogen-bond acceptors (Lipinski definition) is 0. The zero-order valence-electron chi connectivity index (χ0n) is 19.2. The minimum atomic E-state index is -1.98. The molecular weight excluding hydrogens is 427 g/mol. The average Bonchev–Trinajstić information content (AvgIpc) is 2.93. The van der Waals surface area contributed by atoms with E-state index in [1.54, 1.807) is 0 Å². The second kappa shape index (κ2) is 10.5. The van der Waals surface area contributed by atoms with Gasteiger partial charge in [0.1, 0.15) is 23.2 Å². The molecule has 0 nitrogen and oxygen atoms in total. The molecule has 0 atom stereocenters. The molecule has 0 aliphatic carbocycles. The molecule has 0 aromatic heterocycles. The largest absolute Gasteiger partial charge is 0.116 e. The highest BCUT2D eigenvalue weighted by Gasteiger charge is 2.46. The normalized spacial score (nSPS) is 11.8. The van der Waals surface area contributed by atoms with Crippen LogP contribution < -0.4 is 15.9 Å².